The Balaban J connectivity index is 1.48. The smallest absolute Gasteiger partial charge is 0.411 e. The second-order valence-electron chi connectivity index (χ2n) is 8.77. The molecule has 36 heavy (non-hydrogen) atoms. The van der Waals surface area contributed by atoms with E-state index < -0.39 is 24.1 Å². The van der Waals surface area contributed by atoms with Crippen LogP contribution in [-0.2, 0) is 27.3 Å². The third-order valence-corrected chi connectivity index (χ3v) is 6.73. The molecule has 8 nitrogen and oxygen atoms in total. The number of aromatic amines is 1. The number of benzene rings is 3. The van der Waals surface area contributed by atoms with E-state index in [1.807, 2.05) is 72.8 Å². The summed E-state index contributed by atoms with van der Waals surface area (Å²) in [6, 6.07) is 21.4. The summed E-state index contributed by atoms with van der Waals surface area (Å²) in [4.78, 5) is 31.7. The Hall–Kier alpha value is -4.46. The van der Waals surface area contributed by atoms with Crippen molar-refractivity contribution in [2.75, 3.05) is 13.9 Å². The Labute approximate surface area is 207 Å². The minimum atomic E-state index is -0.875. The van der Waals surface area contributed by atoms with Crippen LogP contribution in [0.4, 0.5) is 4.79 Å². The highest BCUT2D eigenvalue weighted by Crippen LogP contribution is 2.44. The number of ether oxygens (including phenoxy) is 4. The van der Waals surface area contributed by atoms with Crippen molar-refractivity contribution in [2.24, 2.45) is 0 Å². The molecule has 0 saturated carbocycles. The van der Waals surface area contributed by atoms with Crippen LogP contribution in [0.1, 0.15) is 28.4 Å². The average molecular weight is 485 g/mol. The average Bonchev–Trinajstić information content (AvgIpc) is 3.54. The van der Waals surface area contributed by atoms with E-state index in [0.717, 1.165) is 33.3 Å². The van der Waals surface area contributed by atoms with Crippen LogP contribution in [-0.4, -0.2) is 41.9 Å². The van der Waals surface area contributed by atoms with E-state index >= 15 is 0 Å². The highest BCUT2D eigenvalue weighted by atomic mass is 16.7. The van der Waals surface area contributed by atoms with Crippen molar-refractivity contribution >= 4 is 23.0 Å². The number of nitrogens with zero attached hydrogens (tertiary/aromatic N) is 1. The highest BCUT2D eigenvalue weighted by Gasteiger charge is 2.45. The standard InChI is InChI=1S/C28H24N2O6/c1-33-27(31)22-14-20-19-9-5-6-10-21(19)29-25(20)26(18-11-12-23-24(13-18)36-16-35-23)30(22)28(32)34-15-17-7-3-2-4-8-17/h2-13,22,26,29H,14-16H2,1H3/t22-,26-/m0/s1. The van der Waals surface area contributed by atoms with Gasteiger partial charge in [0.25, 0.3) is 0 Å². The van der Waals surface area contributed by atoms with E-state index in [0.29, 0.717) is 17.9 Å². The molecule has 1 amide bonds. The molecule has 0 spiro atoms. The van der Waals surface area contributed by atoms with Crippen molar-refractivity contribution in [3.63, 3.8) is 0 Å². The summed E-state index contributed by atoms with van der Waals surface area (Å²) < 4.78 is 22.0. The molecular weight excluding hydrogens is 460 g/mol. The van der Waals surface area contributed by atoms with E-state index in [1.54, 1.807) is 0 Å². The minimum absolute atomic E-state index is 0.0808. The first-order valence-corrected chi connectivity index (χ1v) is 11.7. The Kier molecular flexibility index (Phi) is 5.48. The molecule has 0 radical (unpaired) electrons. The highest BCUT2D eigenvalue weighted by molar-refractivity contribution is 5.89. The maximum Gasteiger partial charge on any atom is 0.411 e. The van der Waals surface area contributed by atoms with Gasteiger partial charge in [-0.15, -0.1) is 0 Å². The Morgan fingerprint density at radius 3 is 2.61 bits per heavy atom. The van der Waals surface area contributed by atoms with Crippen LogP contribution in [0.5, 0.6) is 11.5 Å². The van der Waals surface area contributed by atoms with Crippen LogP contribution in [0.3, 0.4) is 0 Å². The van der Waals surface area contributed by atoms with Crippen molar-refractivity contribution in [1.29, 1.82) is 0 Å². The SMILES string of the molecule is COC(=O)[C@@H]1Cc2c([nH]c3ccccc23)[C@H](c2ccc3c(c2)OCO3)N1C(=O)OCc1ccccc1. The van der Waals surface area contributed by atoms with E-state index in [9.17, 15) is 9.59 Å². The van der Waals surface area contributed by atoms with Gasteiger partial charge in [-0.25, -0.2) is 9.59 Å². The number of para-hydroxylation sites is 1. The van der Waals surface area contributed by atoms with Crippen molar-refractivity contribution in [3.05, 3.63) is 95.2 Å². The topological polar surface area (TPSA) is 90.1 Å². The maximum absolute atomic E-state index is 13.7. The number of aromatic nitrogens is 1. The Bertz CT molecular complexity index is 1450. The van der Waals surface area contributed by atoms with Crippen LogP contribution in [0.15, 0.2) is 72.8 Å². The van der Waals surface area contributed by atoms with Gasteiger partial charge < -0.3 is 23.9 Å². The summed E-state index contributed by atoms with van der Waals surface area (Å²) in [5, 5.41) is 1.00. The fourth-order valence-electron chi connectivity index (χ4n) is 5.05. The summed E-state index contributed by atoms with van der Waals surface area (Å²) in [6.45, 7) is 0.214. The molecule has 8 heteroatoms. The van der Waals surface area contributed by atoms with E-state index in [4.69, 9.17) is 18.9 Å². The van der Waals surface area contributed by atoms with Crippen molar-refractivity contribution < 1.29 is 28.5 Å². The molecule has 3 heterocycles. The van der Waals surface area contributed by atoms with Gasteiger partial charge in [-0.1, -0.05) is 54.6 Å². The van der Waals surface area contributed by atoms with Gasteiger partial charge in [-0.05, 0) is 34.9 Å². The summed E-state index contributed by atoms with van der Waals surface area (Å²) in [6.07, 6.45) is -0.311. The zero-order chi connectivity index (χ0) is 24.6. The lowest BCUT2D eigenvalue weighted by atomic mass is 9.88. The van der Waals surface area contributed by atoms with Gasteiger partial charge >= 0.3 is 12.1 Å². The molecule has 2 aliphatic rings. The second kappa shape index (κ2) is 8.96. The fraction of sp³-hybridized carbons (Fsp3) is 0.214. The minimum Gasteiger partial charge on any atom is -0.467 e. The van der Waals surface area contributed by atoms with Crippen LogP contribution in [0.2, 0.25) is 0 Å². The largest absolute Gasteiger partial charge is 0.467 e. The molecule has 2 aliphatic heterocycles. The molecule has 1 aromatic heterocycles. The van der Waals surface area contributed by atoms with Crippen LogP contribution >= 0.6 is 0 Å². The Morgan fingerprint density at radius 1 is 1.00 bits per heavy atom. The molecule has 0 fully saturated rings. The predicted octanol–water partition coefficient (Wildman–Crippen LogP) is 4.72. The van der Waals surface area contributed by atoms with Gasteiger partial charge in [-0.3, -0.25) is 4.90 Å². The van der Waals surface area contributed by atoms with Crippen LogP contribution < -0.4 is 9.47 Å². The zero-order valence-electron chi connectivity index (χ0n) is 19.6. The number of amides is 1. The monoisotopic (exact) mass is 484 g/mol. The number of hydrogen-bond acceptors (Lipinski definition) is 6. The first-order valence-electron chi connectivity index (χ1n) is 11.7. The molecule has 0 aliphatic carbocycles. The van der Waals surface area contributed by atoms with Gasteiger partial charge in [0.05, 0.1) is 7.11 Å². The lowest BCUT2D eigenvalue weighted by Gasteiger charge is -2.40. The van der Waals surface area contributed by atoms with Gasteiger partial charge in [0, 0.05) is 23.0 Å². The number of carbonyl (C=O) groups excluding carboxylic acids is 2. The fourth-order valence-corrected chi connectivity index (χ4v) is 5.05. The lowest BCUT2D eigenvalue weighted by molar-refractivity contribution is -0.147. The number of H-pyrrole nitrogens is 1. The summed E-state index contributed by atoms with van der Waals surface area (Å²) >= 11 is 0. The van der Waals surface area contributed by atoms with Gasteiger partial charge in [0.2, 0.25) is 6.79 Å². The number of fused-ring (bicyclic) bond motifs is 4. The number of esters is 1. The van der Waals surface area contributed by atoms with Crippen molar-refractivity contribution in [1.82, 2.24) is 9.88 Å². The van der Waals surface area contributed by atoms with Gasteiger partial charge in [0.1, 0.15) is 18.7 Å². The second-order valence-corrected chi connectivity index (χ2v) is 8.77. The lowest BCUT2D eigenvalue weighted by Crippen LogP contribution is -2.52. The molecule has 4 aromatic rings. The molecule has 1 N–H and O–H groups in total. The molecular formula is C28H24N2O6. The predicted molar refractivity (Wildman–Crippen MR) is 131 cm³/mol. The van der Waals surface area contributed by atoms with E-state index in [2.05, 4.69) is 4.98 Å². The van der Waals surface area contributed by atoms with Gasteiger partial charge in [-0.2, -0.15) is 0 Å². The molecule has 0 bridgehead atoms. The quantitative estimate of drug-likeness (QED) is 0.422. The van der Waals surface area contributed by atoms with E-state index in [-0.39, 0.29) is 13.4 Å². The first kappa shape index (κ1) is 22.0. The number of hydrogen-bond donors (Lipinski definition) is 1. The number of methoxy groups -OCH3 is 1. The number of rotatable bonds is 4. The summed E-state index contributed by atoms with van der Waals surface area (Å²) in [7, 11) is 1.33. The number of nitrogens with one attached hydrogen (secondary N) is 1. The maximum atomic E-state index is 13.7. The van der Waals surface area contributed by atoms with Crippen LogP contribution in [0, 0.1) is 0 Å². The molecule has 0 unspecified atom stereocenters. The van der Waals surface area contributed by atoms with Crippen LogP contribution in [0.25, 0.3) is 10.9 Å². The zero-order valence-corrected chi connectivity index (χ0v) is 19.6. The van der Waals surface area contributed by atoms with Crippen molar-refractivity contribution in [2.45, 2.75) is 25.1 Å². The van der Waals surface area contributed by atoms with Gasteiger partial charge in [0.15, 0.2) is 11.5 Å². The molecule has 2 atom stereocenters. The molecule has 3 aromatic carbocycles. The van der Waals surface area contributed by atoms with E-state index in [1.165, 1.54) is 12.0 Å². The summed E-state index contributed by atoms with van der Waals surface area (Å²) in [5.41, 5.74) is 4.33. The third kappa shape index (κ3) is 3.71. The molecule has 0 saturated heterocycles. The molecule has 6 rings (SSSR count). The third-order valence-electron chi connectivity index (χ3n) is 6.73. The Morgan fingerprint density at radius 2 is 1.78 bits per heavy atom. The summed E-state index contributed by atoms with van der Waals surface area (Å²) in [5.74, 6) is 0.713. The van der Waals surface area contributed by atoms with Crippen molar-refractivity contribution in [3.8, 4) is 11.5 Å². The first-order chi connectivity index (χ1) is 17.6. The molecule has 182 valence electrons. The normalized spacial score (nSPS) is 18.1. The number of carbonyl (C=O) groups is 2.